The van der Waals surface area contributed by atoms with Gasteiger partial charge in [-0.15, -0.1) is 0 Å². The summed E-state index contributed by atoms with van der Waals surface area (Å²) in [5.74, 6) is 0.0219. The molecule has 3 aliphatic rings. The van der Waals surface area contributed by atoms with E-state index in [1.807, 2.05) is 73.7 Å². The molecule has 0 unspecified atom stereocenters. The molecule has 1 fully saturated rings. The molecule has 9 heteroatoms. The average molecular weight is 646 g/mol. The van der Waals surface area contributed by atoms with Gasteiger partial charge >= 0.3 is 0 Å². The fourth-order valence-electron chi connectivity index (χ4n) is 7.54. The summed E-state index contributed by atoms with van der Waals surface area (Å²) in [4.78, 5) is 44.6. The number of hydrogen-bond donors (Lipinski definition) is 2. The van der Waals surface area contributed by atoms with Crippen LogP contribution in [0.25, 0.3) is 0 Å². The van der Waals surface area contributed by atoms with Gasteiger partial charge in [-0.1, -0.05) is 61.5 Å². The Bertz CT molecular complexity index is 1860. The number of para-hydroxylation sites is 1. The Morgan fingerprint density at radius 2 is 1.73 bits per heavy atom. The summed E-state index contributed by atoms with van der Waals surface area (Å²) in [5.41, 5.74) is 4.60. The summed E-state index contributed by atoms with van der Waals surface area (Å²) >= 11 is 0. The minimum atomic E-state index is -1.20. The summed E-state index contributed by atoms with van der Waals surface area (Å²) < 4.78 is 11.9. The maximum absolute atomic E-state index is 14.5. The van der Waals surface area contributed by atoms with E-state index < -0.39 is 11.7 Å². The van der Waals surface area contributed by atoms with E-state index in [2.05, 4.69) is 11.4 Å². The summed E-state index contributed by atoms with van der Waals surface area (Å²) in [7, 11) is 1.58. The zero-order valence-corrected chi connectivity index (χ0v) is 27.1. The first-order chi connectivity index (χ1) is 23.3. The predicted octanol–water partition coefficient (Wildman–Crippen LogP) is 5.45. The van der Waals surface area contributed by atoms with Crippen molar-refractivity contribution in [2.75, 3.05) is 23.9 Å². The molecular weight excluding hydrogens is 606 g/mol. The van der Waals surface area contributed by atoms with E-state index in [0.29, 0.717) is 36.4 Å². The molecule has 4 aromatic rings. The monoisotopic (exact) mass is 645 g/mol. The number of aliphatic hydroxyl groups is 1. The van der Waals surface area contributed by atoms with Crippen LogP contribution in [0.3, 0.4) is 0 Å². The standard InChI is InChI=1S/C39H39N3O6/c1-25-18-33(21-36(44)41-23-29-10-4-3-9-28(29)20-31(41)24-43)48-39(25)34-12-5-6-13-35(34)42(38(39)46)22-26-8-7-11-30(19-26)40-37(45)27-14-16-32(47-2)17-15-27/h3-17,19,25,31,33,43H,18,20-24H2,1-2H3,(H,40,45)/t25-,31-,33-,39+/m0/s1. The minimum Gasteiger partial charge on any atom is -0.497 e. The van der Waals surface area contributed by atoms with Crippen molar-refractivity contribution in [2.45, 2.75) is 57.0 Å². The van der Waals surface area contributed by atoms with Gasteiger partial charge in [0.1, 0.15) is 5.75 Å². The van der Waals surface area contributed by atoms with Crippen LogP contribution in [-0.4, -0.2) is 53.6 Å². The number of carbonyl (C=O) groups is 3. The molecule has 4 atom stereocenters. The second kappa shape index (κ2) is 12.9. The van der Waals surface area contributed by atoms with Gasteiger partial charge in [0.2, 0.25) is 5.91 Å². The highest BCUT2D eigenvalue weighted by Gasteiger charge is 2.60. The van der Waals surface area contributed by atoms with Crippen molar-refractivity contribution in [2.24, 2.45) is 5.92 Å². The van der Waals surface area contributed by atoms with E-state index in [1.54, 1.807) is 41.2 Å². The highest BCUT2D eigenvalue weighted by molar-refractivity contribution is 6.07. The molecule has 4 aromatic carbocycles. The second-order valence-electron chi connectivity index (χ2n) is 12.9. The number of ether oxygens (including phenoxy) is 2. The Hall–Kier alpha value is -4.99. The molecule has 0 aliphatic carbocycles. The molecule has 2 N–H and O–H groups in total. The van der Waals surface area contributed by atoms with Crippen molar-refractivity contribution >= 4 is 29.1 Å². The van der Waals surface area contributed by atoms with Crippen molar-refractivity contribution in [3.63, 3.8) is 0 Å². The predicted molar refractivity (Wildman–Crippen MR) is 182 cm³/mol. The van der Waals surface area contributed by atoms with E-state index >= 15 is 0 Å². The lowest BCUT2D eigenvalue weighted by Crippen LogP contribution is -2.47. The topological polar surface area (TPSA) is 108 Å². The van der Waals surface area contributed by atoms with Crippen LogP contribution in [0.1, 0.15) is 52.4 Å². The van der Waals surface area contributed by atoms with E-state index in [0.717, 1.165) is 27.9 Å². The van der Waals surface area contributed by atoms with Gasteiger partial charge in [0, 0.05) is 29.3 Å². The molecule has 48 heavy (non-hydrogen) atoms. The maximum Gasteiger partial charge on any atom is 0.264 e. The molecule has 7 rings (SSSR count). The van der Waals surface area contributed by atoms with Gasteiger partial charge in [-0.25, -0.2) is 0 Å². The molecule has 246 valence electrons. The molecule has 0 saturated carbocycles. The van der Waals surface area contributed by atoms with E-state index in [4.69, 9.17) is 9.47 Å². The smallest absolute Gasteiger partial charge is 0.264 e. The lowest BCUT2D eigenvalue weighted by atomic mass is 9.83. The minimum absolute atomic E-state index is 0.0816. The van der Waals surface area contributed by atoms with Gasteiger partial charge in [-0.3, -0.25) is 14.4 Å². The molecule has 3 amide bonds. The molecule has 3 aliphatic heterocycles. The number of aliphatic hydroxyl groups excluding tert-OH is 1. The Balaban J connectivity index is 1.08. The number of carbonyl (C=O) groups excluding carboxylic acids is 3. The zero-order valence-electron chi connectivity index (χ0n) is 27.1. The fraction of sp³-hybridized carbons (Fsp3) is 0.308. The quantitative estimate of drug-likeness (QED) is 0.264. The Morgan fingerprint density at radius 1 is 0.979 bits per heavy atom. The van der Waals surface area contributed by atoms with Gasteiger partial charge in [0.25, 0.3) is 11.8 Å². The van der Waals surface area contributed by atoms with E-state index in [1.165, 1.54) is 0 Å². The van der Waals surface area contributed by atoms with Crippen LogP contribution >= 0.6 is 0 Å². The molecule has 0 bridgehead atoms. The number of nitrogens with one attached hydrogen (secondary N) is 1. The first kappa shape index (κ1) is 31.6. The Labute approximate surface area is 280 Å². The average Bonchev–Trinajstić information content (AvgIpc) is 3.56. The van der Waals surface area contributed by atoms with Gasteiger partial charge in [0.15, 0.2) is 5.60 Å². The third kappa shape index (κ3) is 5.63. The Morgan fingerprint density at radius 3 is 2.50 bits per heavy atom. The second-order valence-corrected chi connectivity index (χ2v) is 12.9. The largest absolute Gasteiger partial charge is 0.497 e. The highest BCUT2D eigenvalue weighted by Crippen LogP contribution is 2.54. The van der Waals surface area contributed by atoms with Gasteiger partial charge in [-0.2, -0.15) is 0 Å². The molecule has 9 nitrogen and oxygen atoms in total. The molecule has 0 aromatic heterocycles. The van der Waals surface area contributed by atoms with Crippen LogP contribution in [0.2, 0.25) is 0 Å². The van der Waals surface area contributed by atoms with Crippen LogP contribution in [0.4, 0.5) is 11.4 Å². The number of hydrogen-bond acceptors (Lipinski definition) is 6. The van der Waals surface area contributed by atoms with Crippen LogP contribution in [0.15, 0.2) is 97.1 Å². The number of nitrogens with zero attached hydrogens (tertiary/aromatic N) is 2. The number of fused-ring (bicyclic) bond motifs is 3. The lowest BCUT2D eigenvalue weighted by molar-refractivity contribution is -0.151. The highest BCUT2D eigenvalue weighted by atomic mass is 16.5. The lowest BCUT2D eigenvalue weighted by Gasteiger charge is -2.36. The molecule has 1 spiro atoms. The van der Waals surface area contributed by atoms with Gasteiger partial charge < -0.3 is 29.7 Å². The summed E-state index contributed by atoms with van der Waals surface area (Å²) in [6.45, 7) is 2.64. The normalized spacial score (nSPS) is 22.8. The number of rotatable bonds is 8. The number of methoxy groups -OCH3 is 1. The summed E-state index contributed by atoms with van der Waals surface area (Å²) in [6, 6.07) is 29.8. The van der Waals surface area contributed by atoms with E-state index in [9.17, 15) is 19.5 Å². The van der Waals surface area contributed by atoms with Gasteiger partial charge in [-0.05, 0) is 72.0 Å². The third-order valence-corrected chi connectivity index (χ3v) is 9.99. The summed E-state index contributed by atoms with van der Waals surface area (Å²) in [5, 5.41) is 13.1. The van der Waals surface area contributed by atoms with Crippen molar-refractivity contribution in [1.82, 2.24) is 4.90 Å². The van der Waals surface area contributed by atoms with Crippen molar-refractivity contribution in [3.05, 3.63) is 125 Å². The van der Waals surface area contributed by atoms with Crippen LogP contribution < -0.4 is 15.0 Å². The van der Waals surface area contributed by atoms with Crippen molar-refractivity contribution in [1.29, 1.82) is 0 Å². The van der Waals surface area contributed by atoms with Crippen LogP contribution in [-0.2, 0) is 39.4 Å². The molecule has 1 saturated heterocycles. The number of anilines is 2. The SMILES string of the molecule is COc1ccc(C(=O)Nc2cccc(CN3C(=O)[C@]4(O[C@H](CC(=O)N5Cc6ccccc6C[C@H]5CO)C[C@@H]4C)c4ccccc43)c2)cc1. The molecule has 0 radical (unpaired) electrons. The van der Waals surface area contributed by atoms with Crippen molar-refractivity contribution in [3.8, 4) is 5.75 Å². The summed E-state index contributed by atoms with van der Waals surface area (Å²) in [6.07, 6.45) is 0.853. The molecule has 3 heterocycles. The number of amides is 3. The van der Waals surface area contributed by atoms with E-state index in [-0.39, 0.29) is 49.3 Å². The van der Waals surface area contributed by atoms with Crippen LogP contribution in [0, 0.1) is 5.92 Å². The zero-order chi connectivity index (χ0) is 33.4. The fourth-order valence-corrected chi connectivity index (χ4v) is 7.54. The molecular formula is C39H39N3O6. The number of benzene rings is 4. The maximum atomic E-state index is 14.5. The third-order valence-electron chi connectivity index (χ3n) is 9.99. The first-order valence-electron chi connectivity index (χ1n) is 16.4. The first-order valence-corrected chi connectivity index (χ1v) is 16.4. The van der Waals surface area contributed by atoms with Crippen LogP contribution in [0.5, 0.6) is 5.75 Å². The van der Waals surface area contributed by atoms with Gasteiger partial charge in [0.05, 0.1) is 44.5 Å². The Kier molecular flexibility index (Phi) is 8.49. The van der Waals surface area contributed by atoms with Crippen molar-refractivity contribution < 1.29 is 29.0 Å².